The van der Waals surface area contributed by atoms with Gasteiger partial charge in [0.05, 0.1) is 11.6 Å². The van der Waals surface area contributed by atoms with Crippen molar-refractivity contribution in [1.29, 1.82) is 5.26 Å². The second-order valence-corrected chi connectivity index (χ2v) is 17.3. The van der Waals surface area contributed by atoms with Crippen molar-refractivity contribution in [3.63, 3.8) is 0 Å². The van der Waals surface area contributed by atoms with Gasteiger partial charge < -0.3 is 9.40 Å². The van der Waals surface area contributed by atoms with E-state index >= 15 is 4.39 Å². The molecule has 0 radical (unpaired) electrons. The fourth-order valence-corrected chi connectivity index (χ4v) is 10.8. The van der Waals surface area contributed by atoms with Gasteiger partial charge in [-0.05, 0) is 45.0 Å². The van der Waals surface area contributed by atoms with Gasteiger partial charge in [0.1, 0.15) is 19.5 Å². The molecule has 2 heterocycles. The van der Waals surface area contributed by atoms with Crippen molar-refractivity contribution >= 4 is 45.6 Å². The standard InChI is InChI=1S/C40H28FNOSi.C11H8N.Ir/c1-26-17-18-28(23-27(26)2)33-15-10-16-34-35-21-19-30(25-42)38(40(35)43-39(33)34)29-20-22-37(36(41)24-29)44(3,31-11-6-4-7-12-31)32-13-8-5-9-14-32;1-2-6-10(7-3-1)11-8-4-5-9-12-11;/h4-14,16-17,19-24H,1-3H3;1-6,8-9H;/q-2;-1;+3/i1D3,2D3;;. The molecule has 7 aromatic carbocycles. The summed E-state index contributed by atoms with van der Waals surface area (Å²) in [5, 5.41) is 14.3. The van der Waals surface area contributed by atoms with Crippen LogP contribution in [0.4, 0.5) is 4.39 Å². The summed E-state index contributed by atoms with van der Waals surface area (Å²) in [5.41, 5.74) is 3.94. The molecule has 9 aromatic rings. The van der Waals surface area contributed by atoms with Crippen molar-refractivity contribution in [3.05, 3.63) is 205 Å². The third-order valence-corrected chi connectivity index (χ3v) is 14.5. The van der Waals surface area contributed by atoms with Crippen LogP contribution in [-0.4, -0.2) is 13.1 Å². The van der Waals surface area contributed by atoms with E-state index in [1.165, 1.54) is 18.2 Å². The van der Waals surface area contributed by atoms with Crippen LogP contribution in [0.3, 0.4) is 0 Å². The number of furan rings is 1. The molecule has 6 heteroatoms. The van der Waals surface area contributed by atoms with E-state index in [2.05, 4.69) is 35.8 Å². The molecule has 0 spiro atoms. The number of pyridine rings is 1. The smallest absolute Gasteiger partial charge is 0.510 e. The molecular formula is C51H36FIrN2OSi. The summed E-state index contributed by atoms with van der Waals surface area (Å²) < 4.78 is 70.7. The van der Waals surface area contributed by atoms with E-state index in [0.717, 1.165) is 21.6 Å². The van der Waals surface area contributed by atoms with Crippen LogP contribution in [0.15, 0.2) is 168 Å². The first kappa shape index (κ1) is 31.9. The van der Waals surface area contributed by atoms with Crippen LogP contribution in [0.1, 0.15) is 24.9 Å². The average Bonchev–Trinajstić information content (AvgIpc) is 3.68. The van der Waals surface area contributed by atoms with Crippen molar-refractivity contribution < 1.29 is 37.1 Å². The molecule has 0 aliphatic carbocycles. The number of fused-ring (bicyclic) bond motifs is 3. The maximum Gasteiger partial charge on any atom is 3.00 e. The third-order valence-electron chi connectivity index (χ3n) is 10.1. The van der Waals surface area contributed by atoms with E-state index in [1.54, 1.807) is 30.5 Å². The van der Waals surface area contributed by atoms with E-state index in [1.807, 2.05) is 115 Å². The van der Waals surface area contributed by atoms with Gasteiger partial charge in [-0.2, -0.15) is 41.2 Å². The number of hydrogen-bond acceptors (Lipinski definition) is 3. The Morgan fingerprint density at radius 1 is 0.702 bits per heavy atom. The number of rotatable bonds is 6. The van der Waals surface area contributed by atoms with Crippen molar-refractivity contribution in [2.75, 3.05) is 0 Å². The zero-order chi connectivity index (χ0) is 43.6. The van der Waals surface area contributed by atoms with Gasteiger partial charge in [-0.1, -0.05) is 117 Å². The molecule has 57 heavy (non-hydrogen) atoms. The number of aromatic nitrogens is 1. The molecule has 3 nitrogen and oxygen atoms in total. The quantitative estimate of drug-likeness (QED) is 0.0948. The van der Waals surface area contributed by atoms with Crippen LogP contribution in [0.5, 0.6) is 0 Å². The first-order valence-corrected chi connectivity index (χ1v) is 20.5. The Morgan fingerprint density at radius 2 is 1.42 bits per heavy atom. The molecule has 276 valence electrons. The van der Waals surface area contributed by atoms with Gasteiger partial charge in [0.15, 0.2) is 0 Å². The predicted molar refractivity (Wildman–Crippen MR) is 228 cm³/mol. The Hall–Kier alpha value is -6.22. The fourth-order valence-electron chi connectivity index (χ4n) is 7.19. The van der Waals surface area contributed by atoms with Gasteiger partial charge in [0.25, 0.3) is 0 Å². The van der Waals surface area contributed by atoms with E-state index in [4.69, 9.17) is 12.6 Å². The van der Waals surface area contributed by atoms with Crippen molar-refractivity contribution in [2.45, 2.75) is 20.3 Å². The maximum atomic E-state index is 16.6. The monoisotopic (exact) mass is 938 g/mol. The second-order valence-electron chi connectivity index (χ2n) is 13.4. The number of benzene rings is 7. The third kappa shape index (κ3) is 7.54. The predicted octanol–water partition coefficient (Wildman–Crippen LogP) is 10.8. The van der Waals surface area contributed by atoms with Crippen LogP contribution >= 0.6 is 0 Å². The van der Waals surface area contributed by atoms with E-state index in [0.29, 0.717) is 49.4 Å². The largest absolute Gasteiger partial charge is 3.00 e. The Labute approximate surface area is 355 Å². The van der Waals surface area contributed by atoms with Crippen molar-refractivity contribution in [3.8, 4) is 39.6 Å². The SMILES string of the molecule is [2H]C([2H])([2H])c1c[c-]c(-c2[c-]ccc3c2oc2c(-c4ccc([Si](C)(c5ccccc5)c5ccccc5)c(F)c4)c(C#N)ccc23)cc1C([2H])([2H])[2H].[Ir+3].[c-]1ccccc1-c1ccccn1. The topological polar surface area (TPSA) is 49.8 Å². The summed E-state index contributed by atoms with van der Waals surface area (Å²) in [6.45, 7) is -3.21. The van der Waals surface area contributed by atoms with E-state index in [-0.39, 0.29) is 36.8 Å². The number of halogens is 1. The van der Waals surface area contributed by atoms with Crippen LogP contribution in [-0.2, 0) is 20.1 Å². The minimum Gasteiger partial charge on any atom is -0.510 e. The van der Waals surface area contributed by atoms with Crippen LogP contribution < -0.4 is 15.6 Å². The molecule has 0 saturated heterocycles. The van der Waals surface area contributed by atoms with E-state index < -0.39 is 27.6 Å². The molecule has 9 rings (SSSR count). The molecule has 0 saturated carbocycles. The Bertz CT molecular complexity index is 3010. The number of aryl methyl sites for hydroxylation is 2. The minimum absolute atomic E-state index is 0. The second kappa shape index (κ2) is 16.9. The zero-order valence-corrected chi connectivity index (χ0v) is 34.0. The molecule has 0 fully saturated rings. The number of hydrogen-bond donors (Lipinski definition) is 0. The number of nitriles is 1. The summed E-state index contributed by atoms with van der Waals surface area (Å²) in [7, 11) is -2.77. The summed E-state index contributed by atoms with van der Waals surface area (Å²) in [6, 6.07) is 59.5. The Kier molecular flexibility index (Phi) is 9.45. The van der Waals surface area contributed by atoms with Gasteiger partial charge in [-0.25, -0.2) is 9.95 Å². The molecule has 2 aromatic heterocycles. The summed E-state index contributed by atoms with van der Waals surface area (Å²) >= 11 is 0. The first-order chi connectivity index (χ1) is 29.8. The molecule has 0 unspecified atom stereocenters. The number of nitrogens with zero attached hydrogens (tertiary/aromatic N) is 2. The fraction of sp³-hybridized carbons (Fsp3) is 0.0588. The van der Waals surface area contributed by atoms with Crippen LogP contribution in [0, 0.1) is 49.1 Å². The van der Waals surface area contributed by atoms with Gasteiger partial charge in [0, 0.05) is 31.0 Å². The molecule has 0 atom stereocenters. The Morgan fingerprint density at radius 3 is 2.07 bits per heavy atom. The van der Waals surface area contributed by atoms with Crippen LogP contribution in [0.2, 0.25) is 6.55 Å². The molecule has 0 N–H and O–H groups in total. The minimum atomic E-state index is -2.77. The molecule has 0 aliphatic rings. The molecule has 0 aliphatic heterocycles. The summed E-state index contributed by atoms with van der Waals surface area (Å²) in [4.78, 5) is 4.22. The normalized spacial score (nSPS) is 13.0. The molecular weight excluding hydrogens is 896 g/mol. The maximum absolute atomic E-state index is 16.6. The first-order valence-electron chi connectivity index (χ1n) is 21.0. The van der Waals surface area contributed by atoms with Gasteiger partial charge in [-0.15, -0.1) is 53.1 Å². The summed E-state index contributed by atoms with van der Waals surface area (Å²) in [6.07, 6.45) is 1.79. The van der Waals surface area contributed by atoms with Gasteiger partial charge in [-0.3, -0.25) is 0 Å². The summed E-state index contributed by atoms with van der Waals surface area (Å²) in [5.74, 6) is -0.392. The van der Waals surface area contributed by atoms with Gasteiger partial charge >= 0.3 is 20.1 Å². The van der Waals surface area contributed by atoms with Crippen molar-refractivity contribution in [2.24, 2.45) is 0 Å². The molecule has 0 amide bonds. The van der Waals surface area contributed by atoms with Gasteiger partial charge in [0.2, 0.25) is 0 Å². The van der Waals surface area contributed by atoms with Crippen molar-refractivity contribution in [1.82, 2.24) is 4.98 Å². The van der Waals surface area contributed by atoms with Crippen LogP contribution in [0.25, 0.3) is 55.4 Å². The zero-order valence-electron chi connectivity index (χ0n) is 36.6. The molecule has 0 bridgehead atoms. The van der Waals surface area contributed by atoms with E-state index in [9.17, 15) is 5.26 Å². The average molecular weight is 938 g/mol. The Balaban J connectivity index is 0.000000394.